The molecule has 1 heterocycles. The molecule has 11 heavy (non-hydrogen) atoms. The predicted octanol–water partition coefficient (Wildman–Crippen LogP) is 0.540. The van der Waals surface area contributed by atoms with Crippen molar-refractivity contribution in [1.82, 2.24) is 0 Å². The first-order valence-electron chi connectivity index (χ1n) is 3.72. The number of hydrogen-bond donors (Lipinski definition) is 1. The summed E-state index contributed by atoms with van der Waals surface area (Å²) in [4.78, 5) is 10.5. The number of carbonyl (C=O) groups is 1. The van der Waals surface area contributed by atoms with Gasteiger partial charge in [-0.1, -0.05) is 6.92 Å². The van der Waals surface area contributed by atoms with Crippen molar-refractivity contribution in [3.05, 3.63) is 0 Å². The fourth-order valence-corrected chi connectivity index (χ4v) is 1.08. The van der Waals surface area contributed by atoms with Crippen LogP contribution in [-0.4, -0.2) is 30.6 Å². The van der Waals surface area contributed by atoms with Crippen LogP contribution >= 0.6 is 0 Å². The number of carbonyl (C=O) groups excluding carboxylic acids is 1. The van der Waals surface area contributed by atoms with Crippen molar-refractivity contribution in [3.8, 4) is 0 Å². The van der Waals surface area contributed by atoms with Crippen LogP contribution in [0, 0.1) is 5.92 Å². The number of aliphatic hydroxyl groups excluding tert-OH is 1. The van der Waals surface area contributed by atoms with Crippen LogP contribution in [0.25, 0.3) is 0 Å². The minimum absolute atomic E-state index is 0.0152. The third-order valence-corrected chi connectivity index (χ3v) is 1.90. The minimum Gasteiger partial charge on any atom is -0.430 e. The lowest BCUT2D eigenvalue weighted by atomic mass is 10.0. The zero-order valence-electron chi connectivity index (χ0n) is 6.45. The molecule has 0 aromatic rings. The van der Waals surface area contributed by atoms with Crippen LogP contribution < -0.4 is 0 Å². The molecule has 0 amide bonds. The Kier molecular flexibility index (Phi) is 2.70. The molecule has 0 aromatic carbocycles. The molecule has 1 aliphatic rings. The average Bonchev–Trinajstić information content (AvgIpc) is 2.39. The summed E-state index contributed by atoms with van der Waals surface area (Å²) in [7, 11) is 0. The van der Waals surface area contributed by atoms with Gasteiger partial charge in [-0.05, 0) is 6.42 Å². The fraction of sp³-hybridized carbons (Fsp3) is 0.857. The van der Waals surface area contributed by atoms with Gasteiger partial charge in [0.1, 0.15) is 12.7 Å². The van der Waals surface area contributed by atoms with Gasteiger partial charge >= 0.3 is 6.16 Å². The van der Waals surface area contributed by atoms with Crippen molar-refractivity contribution in [2.75, 3.05) is 13.2 Å². The summed E-state index contributed by atoms with van der Waals surface area (Å²) >= 11 is 0. The highest BCUT2D eigenvalue weighted by molar-refractivity contribution is 5.61. The number of hydrogen-bond acceptors (Lipinski definition) is 4. The van der Waals surface area contributed by atoms with E-state index in [1.165, 1.54) is 0 Å². The molecule has 0 aromatic heterocycles. The molecule has 1 saturated heterocycles. The van der Waals surface area contributed by atoms with Gasteiger partial charge in [0, 0.05) is 12.5 Å². The molecular formula is C7H12O4. The Morgan fingerprint density at radius 2 is 2.55 bits per heavy atom. The first kappa shape index (κ1) is 8.33. The topological polar surface area (TPSA) is 55.8 Å². The smallest absolute Gasteiger partial charge is 0.430 e. The molecule has 2 atom stereocenters. The maximum absolute atomic E-state index is 10.5. The Bertz CT molecular complexity index is 141. The van der Waals surface area contributed by atoms with Crippen molar-refractivity contribution < 1.29 is 19.4 Å². The second-order valence-corrected chi connectivity index (χ2v) is 2.57. The molecule has 64 valence electrons. The highest BCUT2D eigenvalue weighted by Gasteiger charge is 2.30. The summed E-state index contributed by atoms with van der Waals surface area (Å²) in [5.74, 6) is 0.0152. The van der Waals surface area contributed by atoms with Gasteiger partial charge in [-0.2, -0.15) is 0 Å². The summed E-state index contributed by atoms with van der Waals surface area (Å²) in [5.41, 5.74) is 0. The normalized spacial score (nSPS) is 26.0. The minimum atomic E-state index is -0.623. The van der Waals surface area contributed by atoms with Crippen LogP contribution in [0.4, 0.5) is 4.79 Å². The number of ether oxygens (including phenoxy) is 2. The van der Waals surface area contributed by atoms with Gasteiger partial charge in [-0.3, -0.25) is 0 Å². The summed E-state index contributed by atoms with van der Waals surface area (Å²) in [6.45, 7) is 2.25. The van der Waals surface area contributed by atoms with Crippen molar-refractivity contribution in [3.63, 3.8) is 0 Å². The van der Waals surface area contributed by atoms with E-state index in [0.29, 0.717) is 0 Å². The van der Waals surface area contributed by atoms with E-state index in [0.717, 1.165) is 6.42 Å². The van der Waals surface area contributed by atoms with Gasteiger partial charge in [0.15, 0.2) is 0 Å². The summed E-state index contributed by atoms with van der Waals surface area (Å²) in [5, 5.41) is 8.83. The van der Waals surface area contributed by atoms with Gasteiger partial charge in [0.05, 0.1) is 0 Å². The quantitative estimate of drug-likeness (QED) is 0.612. The lowest BCUT2D eigenvalue weighted by Crippen LogP contribution is -2.25. The first-order chi connectivity index (χ1) is 5.27. The van der Waals surface area contributed by atoms with Gasteiger partial charge < -0.3 is 14.6 Å². The molecule has 0 saturated carbocycles. The fourth-order valence-electron chi connectivity index (χ4n) is 1.08. The Hall–Kier alpha value is -0.770. The standard InChI is InChI=1S/C7H12O4/c1-2-5(3-8)6-4-10-7(9)11-6/h5-6,8H,2-4H2,1H3. The van der Waals surface area contributed by atoms with E-state index < -0.39 is 6.16 Å². The van der Waals surface area contributed by atoms with Crippen molar-refractivity contribution in [2.24, 2.45) is 5.92 Å². The number of aliphatic hydroxyl groups is 1. The lowest BCUT2D eigenvalue weighted by molar-refractivity contribution is 0.0721. The Morgan fingerprint density at radius 3 is 2.91 bits per heavy atom. The highest BCUT2D eigenvalue weighted by atomic mass is 16.8. The number of cyclic esters (lactones) is 2. The van der Waals surface area contributed by atoms with Crippen LogP contribution in [0.15, 0.2) is 0 Å². The molecule has 0 bridgehead atoms. The van der Waals surface area contributed by atoms with E-state index in [1.807, 2.05) is 6.92 Å². The molecule has 1 fully saturated rings. The molecule has 0 aliphatic carbocycles. The second-order valence-electron chi connectivity index (χ2n) is 2.57. The van der Waals surface area contributed by atoms with Crippen LogP contribution in [-0.2, 0) is 9.47 Å². The van der Waals surface area contributed by atoms with E-state index in [4.69, 9.17) is 9.84 Å². The van der Waals surface area contributed by atoms with E-state index in [9.17, 15) is 4.79 Å². The molecule has 0 radical (unpaired) electrons. The van der Waals surface area contributed by atoms with E-state index in [1.54, 1.807) is 0 Å². The highest BCUT2D eigenvalue weighted by Crippen LogP contribution is 2.17. The van der Waals surface area contributed by atoms with E-state index in [2.05, 4.69) is 4.74 Å². The lowest BCUT2D eigenvalue weighted by Gasteiger charge is -2.15. The largest absolute Gasteiger partial charge is 0.508 e. The van der Waals surface area contributed by atoms with Gasteiger partial charge in [0.25, 0.3) is 0 Å². The molecule has 1 rings (SSSR count). The predicted molar refractivity (Wildman–Crippen MR) is 37.1 cm³/mol. The Balaban J connectivity index is 2.40. The Morgan fingerprint density at radius 1 is 1.82 bits per heavy atom. The molecule has 4 heteroatoms. The van der Waals surface area contributed by atoms with E-state index in [-0.39, 0.29) is 25.2 Å². The monoisotopic (exact) mass is 160 g/mol. The molecular weight excluding hydrogens is 148 g/mol. The van der Waals surface area contributed by atoms with Crippen molar-refractivity contribution in [2.45, 2.75) is 19.4 Å². The summed E-state index contributed by atoms with van der Waals surface area (Å²) in [6.07, 6.45) is -0.0861. The van der Waals surface area contributed by atoms with Gasteiger partial charge in [-0.25, -0.2) is 4.79 Å². The second kappa shape index (κ2) is 3.57. The maximum Gasteiger partial charge on any atom is 0.508 e. The van der Waals surface area contributed by atoms with Gasteiger partial charge in [-0.15, -0.1) is 0 Å². The van der Waals surface area contributed by atoms with Crippen LogP contribution in [0.1, 0.15) is 13.3 Å². The third kappa shape index (κ3) is 1.83. The summed E-state index contributed by atoms with van der Waals surface area (Å²) in [6, 6.07) is 0. The Labute approximate surface area is 65.1 Å². The molecule has 1 aliphatic heterocycles. The third-order valence-electron chi connectivity index (χ3n) is 1.90. The molecule has 1 N–H and O–H groups in total. The molecule has 0 spiro atoms. The molecule has 4 nitrogen and oxygen atoms in total. The summed E-state index contributed by atoms with van der Waals surface area (Å²) < 4.78 is 9.36. The average molecular weight is 160 g/mol. The zero-order chi connectivity index (χ0) is 8.27. The van der Waals surface area contributed by atoms with Crippen molar-refractivity contribution >= 4 is 6.16 Å². The first-order valence-corrected chi connectivity index (χ1v) is 3.72. The maximum atomic E-state index is 10.5. The van der Waals surface area contributed by atoms with Crippen LogP contribution in [0.3, 0.4) is 0 Å². The van der Waals surface area contributed by atoms with Crippen LogP contribution in [0.5, 0.6) is 0 Å². The SMILES string of the molecule is CCC(CO)C1COC(=O)O1. The van der Waals surface area contributed by atoms with Crippen LogP contribution in [0.2, 0.25) is 0 Å². The molecule has 2 unspecified atom stereocenters. The zero-order valence-corrected chi connectivity index (χ0v) is 6.45. The van der Waals surface area contributed by atoms with Gasteiger partial charge in [0.2, 0.25) is 0 Å². The van der Waals surface area contributed by atoms with E-state index >= 15 is 0 Å². The number of rotatable bonds is 3. The van der Waals surface area contributed by atoms with Crippen molar-refractivity contribution in [1.29, 1.82) is 0 Å².